The van der Waals surface area contributed by atoms with Crippen LogP contribution < -0.4 is 4.74 Å². The number of amides is 1. The standard InChI is InChI=1S/C35H32N2O4S2/c38-33-32(43-35(42)37(33)18-15-24-7-9-26(10-8-24)34(39)40)23-30-22-29(28-12-11-25-5-1-2-6-27(25)21-28)13-14-31(30)41-20-19-36-16-3-4-17-36/h1-2,5-14,21-23H,3-4,15-20H2,(H,39,40)/b32-23-. The molecule has 0 atom stereocenters. The molecule has 0 saturated carbocycles. The van der Waals surface area contributed by atoms with E-state index in [1.165, 1.54) is 35.4 Å². The SMILES string of the molecule is O=C(O)c1ccc(CCN2C(=O)/C(=C/c3cc(-c4ccc5ccccc5c4)ccc3OCCN3CCCC3)SC2=S)cc1. The summed E-state index contributed by atoms with van der Waals surface area (Å²) in [6.07, 6.45) is 4.95. The first-order valence-electron chi connectivity index (χ1n) is 14.5. The molecule has 2 heterocycles. The van der Waals surface area contributed by atoms with Crippen molar-refractivity contribution in [3.05, 3.63) is 107 Å². The van der Waals surface area contributed by atoms with Crippen molar-refractivity contribution in [3.63, 3.8) is 0 Å². The number of hydrogen-bond donors (Lipinski definition) is 1. The summed E-state index contributed by atoms with van der Waals surface area (Å²) in [6.45, 7) is 4.11. The molecule has 4 aromatic carbocycles. The second-order valence-electron chi connectivity index (χ2n) is 10.8. The largest absolute Gasteiger partial charge is 0.492 e. The maximum Gasteiger partial charge on any atom is 0.335 e. The maximum absolute atomic E-state index is 13.5. The lowest BCUT2D eigenvalue weighted by Gasteiger charge is -2.17. The van der Waals surface area contributed by atoms with E-state index in [9.17, 15) is 9.59 Å². The van der Waals surface area contributed by atoms with Gasteiger partial charge in [-0.05, 0) is 96.2 Å². The van der Waals surface area contributed by atoms with Gasteiger partial charge in [-0.2, -0.15) is 0 Å². The molecule has 218 valence electrons. The Labute approximate surface area is 261 Å². The molecule has 2 fully saturated rings. The van der Waals surface area contributed by atoms with Gasteiger partial charge in [-0.15, -0.1) is 0 Å². The van der Waals surface area contributed by atoms with E-state index >= 15 is 0 Å². The Kier molecular flexibility index (Phi) is 8.88. The van der Waals surface area contributed by atoms with Gasteiger partial charge in [0.1, 0.15) is 16.7 Å². The number of aromatic carboxylic acids is 1. The van der Waals surface area contributed by atoms with Gasteiger partial charge in [-0.25, -0.2) is 4.79 Å². The minimum Gasteiger partial charge on any atom is -0.492 e. The zero-order valence-corrected chi connectivity index (χ0v) is 25.3. The molecular formula is C35H32N2O4S2. The van der Waals surface area contributed by atoms with Crippen molar-refractivity contribution in [2.45, 2.75) is 19.3 Å². The van der Waals surface area contributed by atoms with Crippen LogP contribution in [-0.2, 0) is 11.2 Å². The van der Waals surface area contributed by atoms with E-state index in [2.05, 4.69) is 47.4 Å². The van der Waals surface area contributed by atoms with Gasteiger partial charge in [0, 0.05) is 18.7 Å². The van der Waals surface area contributed by atoms with Crippen LogP contribution in [0, 0.1) is 0 Å². The fourth-order valence-electron chi connectivity index (χ4n) is 5.52. The summed E-state index contributed by atoms with van der Waals surface area (Å²) in [7, 11) is 0. The minimum absolute atomic E-state index is 0.128. The molecule has 4 aromatic rings. The fraction of sp³-hybridized carbons (Fsp3) is 0.229. The molecule has 0 bridgehead atoms. The van der Waals surface area contributed by atoms with Crippen molar-refractivity contribution >= 4 is 57.0 Å². The number of fused-ring (bicyclic) bond motifs is 1. The second-order valence-corrected chi connectivity index (χ2v) is 12.5. The second kappa shape index (κ2) is 13.1. The van der Waals surface area contributed by atoms with Gasteiger partial charge in [0.2, 0.25) is 0 Å². The third kappa shape index (κ3) is 6.82. The summed E-state index contributed by atoms with van der Waals surface area (Å²) < 4.78 is 6.81. The van der Waals surface area contributed by atoms with Gasteiger partial charge in [0.05, 0.1) is 10.5 Å². The molecule has 1 amide bonds. The summed E-state index contributed by atoms with van der Waals surface area (Å²) in [5.74, 6) is -0.346. The Morgan fingerprint density at radius 2 is 1.63 bits per heavy atom. The number of thioether (sulfide) groups is 1. The Morgan fingerprint density at radius 3 is 2.40 bits per heavy atom. The van der Waals surface area contributed by atoms with Crippen molar-refractivity contribution in [2.75, 3.05) is 32.8 Å². The predicted octanol–water partition coefficient (Wildman–Crippen LogP) is 7.12. The van der Waals surface area contributed by atoms with E-state index < -0.39 is 5.97 Å². The first kappa shape index (κ1) is 29.1. The van der Waals surface area contributed by atoms with Crippen molar-refractivity contribution in [3.8, 4) is 16.9 Å². The predicted molar refractivity (Wildman–Crippen MR) is 178 cm³/mol. The van der Waals surface area contributed by atoms with Crippen molar-refractivity contribution in [1.29, 1.82) is 0 Å². The first-order chi connectivity index (χ1) is 20.9. The quantitative estimate of drug-likeness (QED) is 0.152. The Balaban J connectivity index is 1.24. The normalized spacial score (nSPS) is 16.5. The highest BCUT2D eigenvalue weighted by molar-refractivity contribution is 8.26. The van der Waals surface area contributed by atoms with E-state index in [1.54, 1.807) is 29.2 Å². The number of hydrogen-bond acceptors (Lipinski definition) is 6. The first-order valence-corrected chi connectivity index (χ1v) is 15.7. The molecule has 0 aliphatic carbocycles. The van der Waals surface area contributed by atoms with Crippen LogP contribution in [0.2, 0.25) is 0 Å². The fourth-order valence-corrected chi connectivity index (χ4v) is 6.82. The summed E-state index contributed by atoms with van der Waals surface area (Å²) in [5, 5.41) is 11.5. The topological polar surface area (TPSA) is 70.1 Å². The van der Waals surface area contributed by atoms with Gasteiger partial charge in [0.25, 0.3) is 5.91 Å². The average molecular weight is 609 g/mol. The number of rotatable bonds is 10. The minimum atomic E-state index is -0.960. The number of benzene rings is 4. The summed E-state index contributed by atoms with van der Waals surface area (Å²) in [6, 6.07) is 27.6. The number of carboxylic acids is 1. The Hall–Kier alpha value is -3.98. The molecule has 0 unspecified atom stereocenters. The van der Waals surface area contributed by atoms with Gasteiger partial charge in [0.15, 0.2) is 0 Å². The van der Waals surface area contributed by atoms with E-state index in [4.69, 9.17) is 22.1 Å². The third-order valence-corrected chi connectivity index (χ3v) is 9.32. The lowest BCUT2D eigenvalue weighted by Crippen LogP contribution is -2.30. The van der Waals surface area contributed by atoms with Crippen LogP contribution in [-0.4, -0.2) is 63.9 Å². The molecule has 2 aliphatic heterocycles. The molecule has 0 spiro atoms. The number of likely N-dealkylation sites (tertiary alicyclic amines) is 1. The number of carbonyl (C=O) groups is 2. The Morgan fingerprint density at radius 1 is 0.907 bits per heavy atom. The molecule has 6 nitrogen and oxygen atoms in total. The molecule has 0 aromatic heterocycles. The molecule has 2 aliphatic rings. The van der Waals surface area contributed by atoms with Crippen LogP contribution in [0.4, 0.5) is 0 Å². The highest BCUT2D eigenvalue weighted by Crippen LogP contribution is 2.36. The zero-order chi connectivity index (χ0) is 29.8. The smallest absolute Gasteiger partial charge is 0.335 e. The van der Waals surface area contributed by atoms with Gasteiger partial charge in [-0.1, -0.05) is 78.6 Å². The average Bonchev–Trinajstić information content (AvgIpc) is 3.64. The summed E-state index contributed by atoms with van der Waals surface area (Å²) >= 11 is 6.91. The number of ether oxygens (including phenoxy) is 1. The van der Waals surface area contributed by atoms with Crippen LogP contribution in [0.5, 0.6) is 5.75 Å². The molecule has 0 radical (unpaired) electrons. The van der Waals surface area contributed by atoms with Gasteiger partial charge in [-0.3, -0.25) is 14.6 Å². The summed E-state index contributed by atoms with van der Waals surface area (Å²) in [5.41, 5.74) is 4.17. The number of nitrogens with zero attached hydrogens (tertiary/aromatic N) is 2. The lowest BCUT2D eigenvalue weighted by atomic mass is 9.99. The van der Waals surface area contributed by atoms with Gasteiger partial charge >= 0.3 is 5.97 Å². The Bertz CT molecular complexity index is 1710. The number of thiocarbonyl (C=S) groups is 1. The molecule has 1 N–H and O–H groups in total. The van der Waals surface area contributed by atoms with E-state index in [-0.39, 0.29) is 11.5 Å². The van der Waals surface area contributed by atoms with Crippen LogP contribution in [0.15, 0.2) is 89.8 Å². The zero-order valence-electron chi connectivity index (χ0n) is 23.7. The molecule has 43 heavy (non-hydrogen) atoms. The van der Waals surface area contributed by atoms with E-state index in [1.807, 2.05) is 24.3 Å². The van der Waals surface area contributed by atoms with Crippen LogP contribution in [0.3, 0.4) is 0 Å². The highest BCUT2D eigenvalue weighted by atomic mass is 32.2. The number of carboxylic acid groups (broad SMARTS) is 1. The molecular weight excluding hydrogens is 577 g/mol. The van der Waals surface area contributed by atoms with E-state index in [0.717, 1.165) is 47.6 Å². The summed E-state index contributed by atoms with van der Waals surface area (Å²) in [4.78, 5) is 29.3. The van der Waals surface area contributed by atoms with Crippen LogP contribution >= 0.6 is 24.0 Å². The maximum atomic E-state index is 13.5. The molecule has 8 heteroatoms. The van der Waals surface area contributed by atoms with Crippen molar-refractivity contribution < 1.29 is 19.4 Å². The third-order valence-electron chi connectivity index (χ3n) is 7.94. The number of carbonyl (C=O) groups excluding carboxylic acids is 1. The van der Waals surface area contributed by atoms with Crippen molar-refractivity contribution in [1.82, 2.24) is 9.80 Å². The lowest BCUT2D eigenvalue weighted by molar-refractivity contribution is -0.122. The van der Waals surface area contributed by atoms with E-state index in [0.29, 0.717) is 28.8 Å². The van der Waals surface area contributed by atoms with Crippen LogP contribution in [0.25, 0.3) is 28.0 Å². The van der Waals surface area contributed by atoms with Gasteiger partial charge < -0.3 is 9.84 Å². The van der Waals surface area contributed by atoms with Crippen molar-refractivity contribution in [2.24, 2.45) is 0 Å². The molecule has 2 saturated heterocycles. The monoisotopic (exact) mass is 608 g/mol. The molecule has 6 rings (SSSR count). The highest BCUT2D eigenvalue weighted by Gasteiger charge is 2.32. The van der Waals surface area contributed by atoms with Crippen LogP contribution in [0.1, 0.15) is 34.3 Å².